The lowest BCUT2D eigenvalue weighted by Gasteiger charge is -2.16. The zero-order valence-electron chi connectivity index (χ0n) is 5.96. The molecular formula is C8H12N2. The lowest BCUT2D eigenvalue weighted by molar-refractivity contribution is 0.428. The second kappa shape index (κ2) is 2.13. The van der Waals surface area contributed by atoms with Crippen molar-refractivity contribution in [2.75, 3.05) is 6.54 Å². The second-order valence-corrected chi connectivity index (χ2v) is 3.00. The van der Waals surface area contributed by atoms with Crippen molar-refractivity contribution >= 4 is 0 Å². The molecule has 0 saturated heterocycles. The van der Waals surface area contributed by atoms with Gasteiger partial charge in [-0.05, 0) is 24.3 Å². The van der Waals surface area contributed by atoms with Gasteiger partial charge in [-0.3, -0.25) is 0 Å². The minimum absolute atomic E-state index is 0.822. The molecule has 0 spiro atoms. The van der Waals surface area contributed by atoms with Crippen LogP contribution in [0, 0.1) is 5.92 Å². The maximum atomic E-state index is 5.60. The van der Waals surface area contributed by atoms with Crippen molar-refractivity contribution in [3.05, 3.63) is 23.9 Å². The van der Waals surface area contributed by atoms with E-state index >= 15 is 0 Å². The molecule has 1 fully saturated rings. The molecule has 0 radical (unpaired) electrons. The van der Waals surface area contributed by atoms with Gasteiger partial charge in [0.2, 0.25) is 0 Å². The summed E-state index contributed by atoms with van der Waals surface area (Å²) in [5.41, 5.74) is 1.41. The molecule has 0 aromatic heterocycles. The average molecular weight is 136 g/mol. The standard InChI is InChI=1S/C8H12N2/c9-10-5-1-2-8(6-10)7-3-4-7/h1-2,6-7H,3-5,9H2. The fourth-order valence-corrected chi connectivity index (χ4v) is 1.26. The Bertz CT molecular complexity index is 189. The van der Waals surface area contributed by atoms with Gasteiger partial charge in [-0.15, -0.1) is 0 Å². The van der Waals surface area contributed by atoms with Crippen molar-refractivity contribution in [3.63, 3.8) is 0 Å². The highest BCUT2D eigenvalue weighted by Crippen LogP contribution is 2.37. The summed E-state index contributed by atoms with van der Waals surface area (Å²) in [5.74, 6) is 6.42. The van der Waals surface area contributed by atoms with Gasteiger partial charge < -0.3 is 5.01 Å². The average Bonchev–Trinajstić information content (AvgIpc) is 2.68. The molecule has 1 aliphatic heterocycles. The summed E-state index contributed by atoms with van der Waals surface area (Å²) in [7, 11) is 0. The smallest absolute Gasteiger partial charge is 0.0519 e. The molecule has 1 heterocycles. The third-order valence-electron chi connectivity index (χ3n) is 1.99. The Hall–Kier alpha value is -0.760. The lowest BCUT2D eigenvalue weighted by atomic mass is 10.1. The van der Waals surface area contributed by atoms with Gasteiger partial charge in [0.1, 0.15) is 0 Å². The third kappa shape index (κ3) is 1.07. The van der Waals surface area contributed by atoms with Crippen molar-refractivity contribution in [2.45, 2.75) is 12.8 Å². The van der Waals surface area contributed by atoms with Crippen LogP contribution in [0.3, 0.4) is 0 Å². The number of nitrogens with zero attached hydrogens (tertiary/aromatic N) is 1. The molecule has 2 heteroatoms. The second-order valence-electron chi connectivity index (χ2n) is 3.00. The van der Waals surface area contributed by atoms with Gasteiger partial charge in [0.25, 0.3) is 0 Å². The first kappa shape index (κ1) is 5.98. The number of allylic oxidation sites excluding steroid dienone is 2. The SMILES string of the molecule is NN1C=C(C2CC2)C=CC1. The molecule has 0 amide bonds. The summed E-state index contributed by atoms with van der Waals surface area (Å²) in [4.78, 5) is 0. The Kier molecular flexibility index (Phi) is 1.27. The van der Waals surface area contributed by atoms with Gasteiger partial charge in [-0.2, -0.15) is 0 Å². The summed E-state index contributed by atoms with van der Waals surface area (Å²) >= 11 is 0. The van der Waals surface area contributed by atoms with Gasteiger partial charge in [0.05, 0.1) is 6.54 Å². The van der Waals surface area contributed by atoms with E-state index in [1.807, 2.05) is 0 Å². The number of rotatable bonds is 1. The van der Waals surface area contributed by atoms with Crippen LogP contribution in [-0.4, -0.2) is 11.6 Å². The number of nitrogens with two attached hydrogens (primary N) is 1. The van der Waals surface area contributed by atoms with E-state index in [4.69, 9.17) is 5.84 Å². The highest BCUT2D eigenvalue weighted by atomic mass is 15.4. The Labute approximate surface area is 61.0 Å². The minimum Gasteiger partial charge on any atom is -0.314 e. The molecule has 0 atom stereocenters. The molecule has 1 saturated carbocycles. The summed E-state index contributed by atoms with van der Waals surface area (Å²) in [6, 6.07) is 0. The van der Waals surface area contributed by atoms with Crippen molar-refractivity contribution in [2.24, 2.45) is 11.8 Å². The predicted octanol–water partition coefficient (Wildman–Crippen LogP) is 1.03. The van der Waals surface area contributed by atoms with E-state index in [1.165, 1.54) is 18.4 Å². The van der Waals surface area contributed by atoms with E-state index in [9.17, 15) is 0 Å². The fourth-order valence-electron chi connectivity index (χ4n) is 1.26. The van der Waals surface area contributed by atoms with Crippen LogP contribution in [0.1, 0.15) is 12.8 Å². The van der Waals surface area contributed by atoms with Crippen LogP contribution in [0.2, 0.25) is 0 Å². The zero-order chi connectivity index (χ0) is 6.97. The van der Waals surface area contributed by atoms with E-state index < -0.39 is 0 Å². The first-order valence-corrected chi connectivity index (χ1v) is 3.76. The Morgan fingerprint density at radius 2 is 2.30 bits per heavy atom. The van der Waals surface area contributed by atoms with E-state index in [0.29, 0.717) is 0 Å². The normalized spacial score (nSPS) is 24.9. The van der Waals surface area contributed by atoms with Crippen LogP contribution in [0.5, 0.6) is 0 Å². The maximum Gasteiger partial charge on any atom is 0.0519 e. The van der Waals surface area contributed by atoms with Crippen molar-refractivity contribution in [3.8, 4) is 0 Å². The molecular weight excluding hydrogens is 124 g/mol. The third-order valence-corrected chi connectivity index (χ3v) is 1.99. The molecule has 2 aliphatic rings. The lowest BCUT2D eigenvalue weighted by Crippen LogP contribution is -2.27. The summed E-state index contributed by atoms with van der Waals surface area (Å²) < 4.78 is 0. The highest BCUT2D eigenvalue weighted by molar-refractivity contribution is 5.27. The van der Waals surface area contributed by atoms with Gasteiger partial charge in [-0.25, -0.2) is 5.84 Å². The summed E-state index contributed by atoms with van der Waals surface area (Å²) in [6.07, 6.45) is 9.07. The molecule has 10 heavy (non-hydrogen) atoms. The molecule has 0 aromatic carbocycles. The van der Waals surface area contributed by atoms with E-state index in [0.717, 1.165) is 12.5 Å². The van der Waals surface area contributed by atoms with Gasteiger partial charge in [-0.1, -0.05) is 12.2 Å². The van der Waals surface area contributed by atoms with Crippen LogP contribution < -0.4 is 5.84 Å². The van der Waals surface area contributed by atoms with Crippen LogP contribution in [0.15, 0.2) is 23.9 Å². The topological polar surface area (TPSA) is 29.3 Å². The van der Waals surface area contributed by atoms with Gasteiger partial charge in [0.15, 0.2) is 0 Å². The van der Waals surface area contributed by atoms with Crippen LogP contribution in [0.25, 0.3) is 0 Å². The molecule has 1 aliphatic carbocycles. The Morgan fingerprint density at radius 1 is 1.50 bits per heavy atom. The van der Waals surface area contributed by atoms with Gasteiger partial charge >= 0.3 is 0 Å². The fraction of sp³-hybridized carbons (Fsp3) is 0.500. The van der Waals surface area contributed by atoms with E-state index in [2.05, 4.69) is 18.4 Å². The molecule has 0 aromatic rings. The largest absolute Gasteiger partial charge is 0.314 e. The summed E-state index contributed by atoms with van der Waals surface area (Å²) in [5, 5.41) is 1.74. The Balaban J connectivity index is 2.10. The highest BCUT2D eigenvalue weighted by Gasteiger charge is 2.25. The first-order valence-electron chi connectivity index (χ1n) is 3.76. The van der Waals surface area contributed by atoms with Crippen LogP contribution in [-0.2, 0) is 0 Å². The predicted molar refractivity (Wildman–Crippen MR) is 40.8 cm³/mol. The molecule has 2 N–H and O–H groups in total. The van der Waals surface area contributed by atoms with Crippen molar-refractivity contribution in [1.82, 2.24) is 5.01 Å². The molecule has 0 bridgehead atoms. The minimum atomic E-state index is 0.822. The van der Waals surface area contributed by atoms with Crippen LogP contribution in [0.4, 0.5) is 0 Å². The quantitative estimate of drug-likeness (QED) is 0.545. The van der Waals surface area contributed by atoms with Gasteiger partial charge in [0, 0.05) is 6.20 Å². The van der Waals surface area contributed by atoms with E-state index in [-0.39, 0.29) is 0 Å². The first-order chi connectivity index (χ1) is 4.86. The number of hydrogen-bond acceptors (Lipinski definition) is 2. The Morgan fingerprint density at radius 3 is 2.90 bits per heavy atom. The van der Waals surface area contributed by atoms with Crippen molar-refractivity contribution in [1.29, 1.82) is 0 Å². The van der Waals surface area contributed by atoms with Crippen LogP contribution >= 0.6 is 0 Å². The molecule has 2 nitrogen and oxygen atoms in total. The molecule has 0 unspecified atom stereocenters. The van der Waals surface area contributed by atoms with E-state index in [1.54, 1.807) is 5.01 Å². The van der Waals surface area contributed by atoms with Crippen molar-refractivity contribution < 1.29 is 0 Å². The number of hydrogen-bond donors (Lipinski definition) is 1. The maximum absolute atomic E-state index is 5.60. The number of hydrazine groups is 1. The monoisotopic (exact) mass is 136 g/mol. The summed E-state index contributed by atoms with van der Waals surface area (Å²) in [6.45, 7) is 0.857. The molecule has 54 valence electrons. The molecule has 2 rings (SSSR count). The zero-order valence-corrected chi connectivity index (χ0v) is 5.96.